The van der Waals surface area contributed by atoms with Crippen LogP contribution in [-0.2, 0) is 0 Å². The second-order valence-corrected chi connectivity index (χ2v) is 8.18. The van der Waals surface area contributed by atoms with E-state index in [1.807, 2.05) is 0 Å². The van der Waals surface area contributed by atoms with E-state index in [0.29, 0.717) is 5.41 Å². The lowest BCUT2D eigenvalue weighted by atomic mass is 9.82. The fourth-order valence-electron chi connectivity index (χ4n) is 2.83. The molecule has 0 aliphatic rings. The molecule has 3 heteroatoms. The highest BCUT2D eigenvalue weighted by atomic mass is 32.1. The summed E-state index contributed by atoms with van der Waals surface area (Å²) < 4.78 is 0. The van der Waals surface area contributed by atoms with Gasteiger partial charge >= 0.3 is 0 Å². The molecular weight excluding hydrogens is 264 g/mol. The zero-order chi connectivity index (χ0) is 15.6. The largest absolute Gasteiger partial charge is 0.363 e. The average Bonchev–Trinajstić information content (AvgIpc) is 2.23. The third-order valence-electron chi connectivity index (χ3n) is 3.24. The van der Waals surface area contributed by atoms with Gasteiger partial charge in [0.2, 0.25) is 0 Å². The van der Waals surface area contributed by atoms with Gasteiger partial charge in [-0.15, -0.1) is 0 Å². The Bertz CT molecular complexity index is 267. The molecule has 0 saturated heterocycles. The van der Waals surface area contributed by atoms with Gasteiger partial charge in [-0.2, -0.15) is 0 Å². The van der Waals surface area contributed by atoms with Crippen molar-refractivity contribution in [3.05, 3.63) is 0 Å². The highest BCUT2D eigenvalue weighted by Crippen LogP contribution is 2.26. The van der Waals surface area contributed by atoms with Crippen molar-refractivity contribution in [3.63, 3.8) is 0 Å². The molecule has 2 nitrogen and oxygen atoms in total. The summed E-state index contributed by atoms with van der Waals surface area (Å²) in [5.41, 5.74) is 0.356. The Kier molecular flexibility index (Phi) is 9.45. The maximum absolute atomic E-state index is 5.39. The van der Waals surface area contributed by atoms with Crippen LogP contribution in [0.5, 0.6) is 0 Å². The third kappa shape index (κ3) is 12.7. The fraction of sp³-hybridized carbons (Fsp3) is 0.941. The summed E-state index contributed by atoms with van der Waals surface area (Å²) in [4.78, 5) is 0. The van der Waals surface area contributed by atoms with E-state index in [0.717, 1.165) is 18.1 Å². The minimum absolute atomic E-state index is 0.0451. The van der Waals surface area contributed by atoms with Gasteiger partial charge < -0.3 is 10.6 Å². The zero-order valence-electron chi connectivity index (χ0n) is 14.6. The predicted molar refractivity (Wildman–Crippen MR) is 95.3 cm³/mol. The quantitative estimate of drug-likeness (QED) is 0.461. The summed E-state index contributed by atoms with van der Waals surface area (Å²) in [5, 5.41) is 7.58. The molecule has 0 bridgehead atoms. The minimum Gasteiger partial charge on any atom is -0.363 e. The van der Waals surface area contributed by atoms with Crippen LogP contribution in [0.2, 0.25) is 0 Å². The summed E-state index contributed by atoms with van der Waals surface area (Å²) in [7, 11) is 0. The molecule has 0 unspecified atom stereocenters. The predicted octanol–water partition coefficient (Wildman–Crippen LogP) is 5.03. The molecule has 0 amide bonds. The van der Waals surface area contributed by atoms with Gasteiger partial charge in [0.15, 0.2) is 5.11 Å². The molecule has 2 N–H and O–H groups in total. The molecular formula is C17H36N2S. The number of unbranched alkanes of at least 4 members (excludes halogenated alkanes) is 5. The Morgan fingerprint density at radius 2 is 1.45 bits per heavy atom. The van der Waals surface area contributed by atoms with Crippen molar-refractivity contribution in [2.45, 2.75) is 92.0 Å². The molecule has 0 aromatic rings. The number of thiocarbonyl (C=S) groups is 1. The van der Waals surface area contributed by atoms with Crippen molar-refractivity contribution in [1.82, 2.24) is 10.6 Å². The first-order valence-corrected chi connectivity index (χ1v) is 8.63. The maximum atomic E-state index is 5.39. The van der Waals surface area contributed by atoms with Gasteiger partial charge in [0.25, 0.3) is 0 Å². The topological polar surface area (TPSA) is 24.1 Å². The van der Waals surface area contributed by atoms with Crippen LogP contribution in [0.15, 0.2) is 0 Å². The molecule has 20 heavy (non-hydrogen) atoms. The van der Waals surface area contributed by atoms with Gasteiger partial charge in [-0.25, -0.2) is 0 Å². The second kappa shape index (κ2) is 9.59. The SMILES string of the molecule is CCCCCCCCNC(=S)NC(C)(C)CC(C)(C)C. The first-order valence-electron chi connectivity index (χ1n) is 8.22. The van der Waals surface area contributed by atoms with Crippen LogP contribution in [-0.4, -0.2) is 17.2 Å². The zero-order valence-corrected chi connectivity index (χ0v) is 15.4. The molecule has 0 spiro atoms. The Morgan fingerprint density at radius 1 is 0.900 bits per heavy atom. The lowest BCUT2D eigenvalue weighted by Crippen LogP contribution is -2.50. The van der Waals surface area contributed by atoms with Crippen LogP contribution in [0.1, 0.15) is 86.5 Å². The van der Waals surface area contributed by atoms with Crippen molar-refractivity contribution in [2.24, 2.45) is 5.41 Å². The van der Waals surface area contributed by atoms with Crippen molar-refractivity contribution >= 4 is 17.3 Å². The summed E-state index contributed by atoms with van der Waals surface area (Å²) in [6.07, 6.45) is 9.03. The smallest absolute Gasteiger partial charge is 0.166 e. The Hall–Kier alpha value is -0.310. The normalized spacial score (nSPS) is 12.3. The molecule has 0 aliphatic heterocycles. The number of hydrogen-bond donors (Lipinski definition) is 2. The summed E-state index contributed by atoms with van der Waals surface area (Å²) in [6, 6.07) is 0. The van der Waals surface area contributed by atoms with Crippen LogP contribution in [0.3, 0.4) is 0 Å². The summed E-state index contributed by atoms with van der Waals surface area (Å²) in [6.45, 7) is 14.5. The van der Waals surface area contributed by atoms with E-state index >= 15 is 0 Å². The van der Waals surface area contributed by atoms with Crippen LogP contribution in [0, 0.1) is 5.41 Å². The van der Waals surface area contributed by atoms with Crippen LogP contribution < -0.4 is 10.6 Å². The van der Waals surface area contributed by atoms with Gasteiger partial charge in [0, 0.05) is 12.1 Å². The van der Waals surface area contributed by atoms with Crippen molar-refractivity contribution in [2.75, 3.05) is 6.54 Å². The molecule has 0 heterocycles. The molecule has 0 rings (SSSR count). The summed E-state index contributed by atoms with van der Waals surface area (Å²) in [5.74, 6) is 0. The molecule has 0 aromatic carbocycles. The maximum Gasteiger partial charge on any atom is 0.166 e. The Balaban J connectivity index is 3.72. The molecule has 0 fully saturated rings. The monoisotopic (exact) mass is 300 g/mol. The highest BCUT2D eigenvalue weighted by Gasteiger charge is 2.25. The first-order chi connectivity index (χ1) is 9.16. The second-order valence-electron chi connectivity index (χ2n) is 7.77. The van der Waals surface area contributed by atoms with Gasteiger partial charge in [-0.3, -0.25) is 0 Å². The lowest BCUT2D eigenvalue weighted by molar-refractivity contribution is 0.266. The molecule has 0 saturated carbocycles. The van der Waals surface area contributed by atoms with E-state index < -0.39 is 0 Å². The molecule has 0 radical (unpaired) electrons. The van der Waals surface area contributed by atoms with Gasteiger partial charge in [-0.1, -0.05) is 59.8 Å². The van der Waals surface area contributed by atoms with E-state index in [4.69, 9.17) is 12.2 Å². The van der Waals surface area contributed by atoms with Crippen LogP contribution in [0.4, 0.5) is 0 Å². The minimum atomic E-state index is 0.0451. The van der Waals surface area contributed by atoms with E-state index in [1.54, 1.807) is 0 Å². The lowest BCUT2D eigenvalue weighted by Gasteiger charge is -2.34. The first kappa shape index (κ1) is 19.7. The molecule has 120 valence electrons. The molecule has 0 aromatic heterocycles. The van der Waals surface area contributed by atoms with Gasteiger partial charge in [0.05, 0.1) is 0 Å². The Morgan fingerprint density at radius 3 is 2.00 bits per heavy atom. The van der Waals surface area contributed by atoms with Crippen molar-refractivity contribution in [1.29, 1.82) is 0 Å². The number of rotatable bonds is 9. The number of hydrogen-bond acceptors (Lipinski definition) is 1. The average molecular weight is 301 g/mol. The number of nitrogens with one attached hydrogen (secondary N) is 2. The van der Waals surface area contributed by atoms with Crippen LogP contribution in [0.25, 0.3) is 0 Å². The molecule has 0 aliphatic carbocycles. The fourth-order valence-corrected chi connectivity index (χ4v) is 3.21. The highest BCUT2D eigenvalue weighted by molar-refractivity contribution is 7.80. The van der Waals surface area contributed by atoms with E-state index in [2.05, 4.69) is 52.2 Å². The van der Waals surface area contributed by atoms with Gasteiger partial charge in [0.1, 0.15) is 0 Å². The van der Waals surface area contributed by atoms with Crippen LogP contribution >= 0.6 is 12.2 Å². The standard InChI is InChI=1S/C17H36N2S/c1-7-8-9-10-11-12-13-18-15(20)19-17(5,6)14-16(2,3)4/h7-14H2,1-6H3,(H2,18,19,20). The van der Waals surface area contributed by atoms with E-state index in [9.17, 15) is 0 Å². The molecule has 0 atom stereocenters. The van der Waals surface area contributed by atoms with Crippen molar-refractivity contribution in [3.8, 4) is 0 Å². The third-order valence-corrected chi connectivity index (χ3v) is 3.49. The van der Waals surface area contributed by atoms with E-state index in [1.165, 1.54) is 38.5 Å². The van der Waals surface area contributed by atoms with Crippen molar-refractivity contribution < 1.29 is 0 Å². The Labute approximate surface area is 132 Å². The van der Waals surface area contributed by atoms with E-state index in [-0.39, 0.29) is 5.54 Å². The van der Waals surface area contributed by atoms with Gasteiger partial charge in [-0.05, 0) is 44.3 Å². The summed E-state index contributed by atoms with van der Waals surface area (Å²) >= 11 is 5.39.